The maximum atomic E-state index is 12.6. The molecule has 2 N–H and O–H groups in total. The monoisotopic (exact) mass is 365 g/mol. The second-order valence-electron chi connectivity index (χ2n) is 5.56. The van der Waals surface area contributed by atoms with Gasteiger partial charge in [0, 0.05) is 12.4 Å². The van der Waals surface area contributed by atoms with Crippen LogP contribution in [0, 0.1) is 0 Å². The van der Waals surface area contributed by atoms with Gasteiger partial charge in [0.25, 0.3) is 11.8 Å². The van der Waals surface area contributed by atoms with Gasteiger partial charge in [0.1, 0.15) is 0 Å². The highest BCUT2D eigenvalue weighted by Crippen LogP contribution is 2.30. The van der Waals surface area contributed by atoms with E-state index in [1.165, 1.54) is 14.2 Å². The third-order valence-corrected chi connectivity index (χ3v) is 3.97. The Kier molecular flexibility index (Phi) is 5.41. The van der Waals surface area contributed by atoms with Crippen LogP contribution in [0.15, 0.2) is 67.0 Å². The van der Waals surface area contributed by atoms with Crippen LogP contribution in [0.2, 0.25) is 0 Å². The van der Waals surface area contributed by atoms with Crippen LogP contribution in [-0.4, -0.2) is 30.6 Å². The summed E-state index contributed by atoms with van der Waals surface area (Å²) < 4.78 is 12.3. The fourth-order valence-electron chi connectivity index (χ4n) is 2.70. The minimum atomic E-state index is -0.516. The Labute approximate surface area is 156 Å². The molecule has 0 aliphatic rings. The van der Waals surface area contributed by atoms with E-state index in [0.29, 0.717) is 22.7 Å². The smallest absolute Gasteiger partial charge is 0.273 e. The van der Waals surface area contributed by atoms with Crippen molar-refractivity contribution in [3.63, 3.8) is 0 Å². The number of methoxy groups -OCH3 is 2. The molecular formula is C20H19N3O4. The largest absolute Gasteiger partial charge is 0.493 e. The predicted molar refractivity (Wildman–Crippen MR) is 100 cm³/mol. The molecule has 0 fully saturated rings. The van der Waals surface area contributed by atoms with Crippen molar-refractivity contribution in [3.05, 3.63) is 78.1 Å². The minimum absolute atomic E-state index is 0.246. The van der Waals surface area contributed by atoms with Crippen LogP contribution < -0.4 is 20.3 Å². The number of nitrogens with one attached hydrogen (secondary N) is 2. The molecule has 0 unspecified atom stereocenters. The fraction of sp³-hybridized carbons (Fsp3) is 0.100. The maximum absolute atomic E-state index is 12.6. The lowest BCUT2D eigenvalue weighted by molar-refractivity contribution is 0.0844. The summed E-state index contributed by atoms with van der Waals surface area (Å²) in [6.07, 6.45) is 3.68. The van der Waals surface area contributed by atoms with Gasteiger partial charge in [-0.1, -0.05) is 18.2 Å². The standard InChI is InChI=1S/C20H19N3O4/c1-26-17-11-7-9-15(18(17)27-2)20(25)22-21-19(24)14-8-3-4-10-16(14)23-12-5-6-13-23/h3-13H,1-2H3,(H,21,24)(H,22,25). The third-order valence-electron chi connectivity index (χ3n) is 3.97. The Morgan fingerprint density at radius 2 is 1.41 bits per heavy atom. The lowest BCUT2D eigenvalue weighted by Crippen LogP contribution is -2.42. The average Bonchev–Trinajstić information content (AvgIpc) is 3.25. The molecule has 0 bridgehead atoms. The van der Waals surface area contributed by atoms with Gasteiger partial charge in [0.05, 0.1) is 31.0 Å². The number of benzene rings is 2. The molecule has 2 aromatic carbocycles. The van der Waals surface area contributed by atoms with Crippen molar-refractivity contribution < 1.29 is 19.1 Å². The highest BCUT2D eigenvalue weighted by molar-refractivity contribution is 6.02. The van der Waals surface area contributed by atoms with E-state index < -0.39 is 11.8 Å². The molecule has 0 radical (unpaired) electrons. The molecule has 0 spiro atoms. The van der Waals surface area contributed by atoms with Crippen LogP contribution >= 0.6 is 0 Å². The molecule has 0 aliphatic carbocycles. The Balaban J connectivity index is 1.77. The van der Waals surface area contributed by atoms with Crippen LogP contribution in [-0.2, 0) is 0 Å². The summed E-state index contributed by atoms with van der Waals surface area (Å²) in [6.45, 7) is 0. The van der Waals surface area contributed by atoms with Crippen molar-refractivity contribution in [1.29, 1.82) is 0 Å². The molecule has 3 aromatic rings. The van der Waals surface area contributed by atoms with Gasteiger partial charge in [-0.05, 0) is 36.4 Å². The lowest BCUT2D eigenvalue weighted by Gasteiger charge is -2.14. The summed E-state index contributed by atoms with van der Waals surface area (Å²) in [5.41, 5.74) is 6.22. The molecule has 0 saturated carbocycles. The zero-order valence-electron chi connectivity index (χ0n) is 14.9. The third kappa shape index (κ3) is 3.77. The fourth-order valence-corrected chi connectivity index (χ4v) is 2.70. The van der Waals surface area contributed by atoms with Crippen molar-refractivity contribution in [1.82, 2.24) is 15.4 Å². The molecule has 0 atom stereocenters. The second-order valence-corrected chi connectivity index (χ2v) is 5.56. The van der Waals surface area contributed by atoms with E-state index in [9.17, 15) is 9.59 Å². The maximum Gasteiger partial charge on any atom is 0.273 e. The van der Waals surface area contributed by atoms with E-state index in [1.807, 2.05) is 41.2 Å². The SMILES string of the molecule is COc1cccc(C(=O)NNC(=O)c2ccccc2-n2cccc2)c1OC. The van der Waals surface area contributed by atoms with Gasteiger partial charge in [-0.25, -0.2) is 0 Å². The average molecular weight is 365 g/mol. The normalized spacial score (nSPS) is 10.1. The highest BCUT2D eigenvalue weighted by Gasteiger charge is 2.18. The minimum Gasteiger partial charge on any atom is -0.493 e. The van der Waals surface area contributed by atoms with E-state index in [4.69, 9.17) is 9.47 Å². The molecule has 1 heterocycles. The van der Waals surface area contributed by atoms with Crippen LogP contribution in [0.5, 0.6) is 11.5 Å². The first-order chi connectivity index (χ1) is 13.2. The quantitative estimate of drug-likeness (QED) is 0.681. The number of amides is 2. The summed E-state index contributed by atoms with van der Waals surface area (Å²) in [7, 11) is 2.93. The van der Waals surface area contributed by atoms with E-state index in [0.717, 1.165) is 0 Å². The van der Waals surface area contributed by atoms with E-state index in [2.05, 4.69) is 10.9 Å². The molecule has 0 aliphatic heterocycles. The van der Waals surface area contributed by atoms with Crippen molar-refractivity contribution in [2.24, 2.45) is 0 Å². The topological polar surface area (TPSA) is 81.6 Å². The van der Waals surface area contributed by atoms with Crippen molar-refractivity contribution in [2.45, 2.75) is 0 Å². The van der Waals surface area contributed by atoms with E-state index >= 15 is 0 Å². The number of hydrazine groups is 1. The number of carbonyl (C=O) groups excluding carboxylic acids is 2. The molecule has 0 saturated heterocycles. The Hall–Kier alpha value is -3.74. The van der Waals surface area contributed by atoms with Crippen LogP contribution in [0.3, 0.4) is 0 Å². The van der Waals surface area contributed by atoms with E-state index in [-0.39, 0.29) is 5.56 Å². The molecule has 1 aromatic heterocycles. The molecule has 7 heteroatoms. The summed E-state index contributed by atoms with van der Waals surface area (Å²) in [5.74, 6) is -0.235. The van der Waals surface area contributed by atoms with Crippen molar-refractivity contribution in [3.8, 4) is 17.2 Å². The number of ether oxygens (including phenoxy) is 2. The van der Waals surface area contributed by atoms with E-state index in [1.54, 1.807) is 30.3 Å². The van der Waals surface area contributed by atoms with Crippen LogP contribution in [0.1, 0.15) is 20.7 Å². The first-order valence-electron chi connectivity index (χ1n) is 8.19. The summed E-state index contributed by atoms with van der Waals surface area (Å²) in [4.78, 5) is 25.1. The molecular weight excluding hydrogens is 346 g/mol. The first-order valence-corrected chi connectivity index (χ1v) is 8.19. The summed E-state index contributed by atoms with van der Waals surface area (Å²) >= 11 is 0. The summed E-state index contributed by atoms with van der Waals surface area (Å²) in [6, 6.07) is 15.8. The van der Waals surface area contributed by atoms with Gasteiger partial charge in [0.15, 0.2) is 11.5 Å². The number of carbonyl (C=O) groups is 2. The first kappa shape index (κ1) is 18.1. The number of para-hydroxylation sites is 2. The second kappa shape index (κ2) is 8.09. The lowest BCUT2D eigenvalue weighted by atomic mass is 10.1. The number of aromatic nitrogens is 1. The van der Waals surface area contributed by atoms with Gasteiger partial charge in [-0.15, -0.1) is 0 Å². The van der Waals surface area contributed by atoms with Crippen molar-refractivity contribution in [2.75, 3.05) is 14.2 Å². The molecule has 7 nitrogen and oxygen atoms in total. The Morgan fingerprint density at radius 3 is 2.07 bits per heavy atom. The molecule has 138 valence electrons. The summed E-state index contributed by atoms with van der Waals surface area (Å²) in [5, 5.41) is 0. The number of nitrogens with zero attached hydrogens (tertiary/aromatic N) is 1. The zero-order valence-corrected chi connectivity index (χ0v) is 14.9. The zero-order chi connectivity index (χ0) is 19.2. The number of hydrogen-bond acceptors (Lipinski definition) is 4. The van der Waals surface area contributed by atoms with Gasteiger partial charge < -0.3 is 14.0 Å². The molecule has 2 amide bonds. The molecule has 27 heavy (non-hydrogen) atoms. The molecule has 3 rings (SSSR count). The van der Waals surface area contributed by atoms with Gasteiger partial charge in [-0.2, -0.15) is 0 Å². The predicted octanol–water partition coefficient (Wildman–Crippen LogP) is 2.57. The van der Waals surface area contributed by atoms with Gasteiger partial charge >= 0.3 is 0 Å². The van der Waals surface area contributed by atoms with Gasteiger partial charge in [0.2, 0.25) is 0 Å². The number of rotatable bonds is 5. The number of hydrogen-bond donors (Lipinski definition) is 2. The van der Waals surface area contributed by atoms with Gasteiger partial charge in [-0.3, -0.25) is 20.4 Å². The van der Waals surface area contributed by atoms with Crippen LogP contribution in [0.25, 0.3) is 5.69 Å². The van der Waals surface area contributed by atoms with Crippen molar-refractivity contribution >= 4 is 11.8 Å². The Morgan fingerprint density at radius 1 is 0.778 bits per heavy atom. The Bertz CT molecular complexity index is 952. The highest BCUT2D eigenvalue weighted by atomic mass is 16.5. The van der Waals surface area contributed by atoms with Crippen LogP contribution in [0.4, 0.5) is 0 Å².